The number of allylic oxidation sites excluding steroid dienone is 8. The van der Waals surface area contributed by atoms with Gasteiger partial charge < -0.3 is 4.90 Å². The molecule has 0 rings (SSSR count). The Morgan fingerprint density at radius 3 is 1.40 bits per heavy atom. The molecule has 0 atom stereocenters. The monoisotopic (exact) mass is 341 g/mol. The Kier molecular flexibility index (Phi) is 11.7. The fourth-order valence-electron chi connectivity index (χ4n) is 2.29. The number of rotatable bonds is 11. The van der Waals surface area contributed by atoms with Crippen LogP contribution < -0.4 is 0 Å². The molecule has 0 aromatic carbocycles. The van der Waals surface area contributed by atoms with E-state index in [1.165, 1.54) is 22.5 Å². The van der Waals surface area contributed by atoms with Gasteiger partial charge in [0.25, 0.3) is 0 Å². The van der Waals surface area contributed by atoms with Crippen LogP contribution in [0, 0.1) is 0 Å². The highest BCUT2D eigenvalue weighted by molar-refractivity contribution is 5.39. The second kappa shape index (κ2) is 12.6. The van der Waals surface area contributed by atoms with Gasteiger partial charge in [0.2, 0.25) is 0 Å². The summed E-state index contributed by atoms with van der Waals surface area (Å²) in [5.41, 5.74) is 7.27. The average molecular weight is 342 g/mol. The minimum absolute atomic E-state index is 0.978. The van der Waals surface area contributed by atoms with Crippen LogP contribution in [0.2, 0.25) is 0 Å². The summed E-state index contributed by atoms with van der Waals surface area (Å²) >= 11 is 0. The van der Waals surface area contributed by atoms with Gasteiger partial charge in [0.15, 0.2) is 0 Å². The summed E-state index contributed by atoms with van der Waals surface area (Å²) in [6.45, 7) is 24.6. The van der Waals surface area contributed by atoms with Crippen molar-refractivity contribution in [3.05, 3.63) is 71.1 Å². The molecule has 0 aromatic rings. The van der Waals surface area contributed by atoms with E-state index in [1.54, 1.807) is 0 Å². The molecule has 0 aromatic heterocycles. The molecule has 25 heavy (non-hydrogen) atoms. The molecule has 0 spiro atoms. The molecule has 0 bridgehead atoms. The van der Waals surface area contributed by atoms with Crippen molar-refractivity contribution in [1.82, 2.24) is 4.90 Å². The third-order valence-corrected chi connectivity index (χ3v) is 4.36. The first-order valence-electron chi connectivity index (χ1n) is 9.62. The van der Waals surface area contributed by atoms with Crippen molar-refractivity contribution < 1.29 is 0 Å². The van der Waals surface area contributed by atoms with E-state index in [-0.39, 0.29) is 0 Å². The molecule has 0 heterocycles. The minimum Gasteiger partial charge on any atom is -0.341 e. The van der Waals surface area contributed by atoms with Crippen LogP contribution in [0.25, 0.3) is 0 Å². The van der Waals surface area contributed by atoms with Crippen LogP contribution in [0.4, 0.5) is 0 Å². The molecule has 1 nitrogen and oxygen atoms in total. The maximum atomic E-state index is 4.23. The van der Waals surface area contributed by atoms with Gasteiger partial charge in [-0.3, -0.25) is 0 Å². The second-order valence-corrected chi connectivity index (χ2v) is 6.90. The zero-order valence-corrected chi connectivity index (χ0v) is 17.7. The van der Waals surface area contributed by atoms with Crippen molar-refractivity contribution in [2.45, 2.75) is 74.1 Å². The number of nitrogens with zero attached hydrogens (tertiary/aromatic N) is 1. The molecule has 0 unspecified atom stereocenters. The first-order chi connectivity index (χ1) is 11.8. The van der Waals surface area contributed by atoms with E-state index in [9.17, 15) is 0 Å². The van der Waals surface area contributed by atoms with Gasteiger partial charge in [-0.1, -0.05) is 63.6 Å². The van der Waals surface area contributed by atoms with Gasteiger partial charge in [0.05, 0.1) is 0 Å². The second-order valence-electron chi connectivity index (χ2n) is 6.90. The predicted molar refractivity (Wildman–Crippen MR) is 116 cm³/mol. The zero-order valence-electron chi connectivity index (χ0n) is 17.7. The van der Waals surface area contributed by atoms with Gasteiger partial charge in [0, 0.05) is 17.9 Å². The van der Waals surface area contributed by atoms with Crippen molar-refractivity contribution >= 4 is 0 Å². The topological polar surface area (TPSA) is 3.24 Å². The summed E-state index contributed by atoms with van der Waals surface area (Å²) in [6, 6.07) is 0. The zero-order chi connectivity index (χ0) is 19.4. The molecule has 0 saturated carbocycles. The van der Waals surface area contributed by atoms with Gasteiger partial charge in [-0.05, 0) is 70.3 Å². The molecule has 0 fully saturated rings. The van der Waals surface area contributed by atoms with Gasteiger partial charge in [-0.2, -0.15) is 0 Å². The van der Waals surface area contributed by atoms with Crippen molar-refractivity contribution in [3.63, 3.8) is 0 Å². The Morgan fingerprint density at radius 1 is 0.720 bits per heavy atom. The van der Waals surface area contributed by atoms with Crippen LogP contribution in [-0.4, -0.2) is 11.4 Å². The van der Waals surface area contributed by atoms with E-state index in [2.05, 4.69) is 90.8 Å². The molecule has 140 valence electrons. The molecular formula is C24H39N. The smallest absolute Gasteiger partial charge is 0.0434 e. The summed E-state index contributed by atoms with van der Waals surface area (Å²) in [5.74, 6) is 0. The fourth-order valence-corrected chi connectivity index (χ4v) is 2.29. The van der Waals surface area contributed by atoms with Crippen molar-refractivity contribution in [2.24, 2.45) is 0 Å². The SMILES string of the molecule is C=C(C)C(=CC=C(C)CC)N(CCCC)C(=CC=C(C)CC)C(=C)C. The molecular weight excluding hydrogens is 302 g/mol. The van der Waals surface area contributed by atoms with Crippen LogP contribution >= 0.6 is 0 Å². The van der Waals surface area contributed by atoms with Crippen LogP contribution in [-0.2, 0) is 0 Å². The highest BCUT2D eigenvalue weighted by atomic mass is 15.1. The van der Waals surface area contributed by atoms with Crippen molar-refractivity contribution in [1.29, 1.82) is 0 Å². The Morgan fingerprint density at radius 2 is 1.12 bits per heavy atom. The third kappa shape index (κ3) is 8.77. The van der Waals surface area contributed by atoms with Gasteiger partial charge in [0.1, 0.15) is 0 Å². The molecule has 0 aliphatic carbocycles. The van der Waals surface area contributed by atoms with Crippen molar-refractivity contribution in [2.75, 3.05) is 6.54 Å². The van der Waals surface area contributed by atoms with E-state index in [0.717, 1.165) is 43.4 Å². The molecule has 0 aliphatic heterocycles. The van der Waals surface area contributed by atoms with Crippen LogP contribution in [0.3, 0.4) is 0 Å². The Labute approximate surface area is 157 Å². The first kappa shape index (κ1) is 23.2. The number of hydrogen-bond acceptors (Lipinski definition) is 1. The lowest BCUT2D eigenvalue weighted by molar-refractivity contribution is 0.427. The fraction of sp³-hybridized carbons (Fsp3) is 0.500. The molecule has 0 N–H and O–H groups in total. The lowest BCUT2D eigenvalue weighted by Crippen LogP contribution is -2.25. The molecule has 0 amide bonds. The minimum atomic E-state index is 0.978. The first-order valence-corrected chi connectivity index (χ1v) is 9.62. The highest BCUT2D eigenvalue weighted by Crippen LogP contribution is 2.25. The standard InChI is InChI=1S/C24H39N/c1-10-13-18-25(23(19(4)5)16-14-21(8)11-2)24(20(6)7)17-15-22(9)12-3/h14-17H,4,6,10-13,18H2,1-3,5,7-9H3. The lowest BCUT2D eigenvalue weighted by Gasteiger charge is -2.30. The highest BCUT2D eigenvalue weighted by Gasteiger charge is 2.15. The van der Waals surface area contributed by atoms with Crippen LogP contribution in [0.1, 0.15) is 74.1 Å². The van der Waals surface area contributed by atoms with E-state index in [0.29, 0.717) is 0 Å². The maximum Gasteiger partial charge on any atom is 0.0434 e. The number of hydrogen-bond donors (Lipinski definition) is 0. The summed E-state index contributed by atoms with van der Waals surface area (Å²) in [6.07, 6.45) is 13.3. The van der Waals surface area contributed by atoms with Crippen LogP contribution in [0.15, 0.2) is 71.1 Å². The van der Waals surface area contributed by atoms with Crippen molar-refractivity contribution in [3.8, 4) is 0 Å². The largest absolute Gasteiger partial charge is 0.341 e. The van der Waals surface area contributed by atoms with Gasteiger partial charge >= 0.3 is 0 Å². The third-order valence-electron chi connectivity index (χ3n) is 4.36. The Hall–Kier alpha value is -1.76. The summed E-state index contributed by atoms with van der Waals surface area (Å²) in [7, 11) is 0. The van der Waals surface area contributed by atoms with E-state index < -0.39 is 0 Å². The summed E-state index contributed by atoms with van der Waals surface area (Å²) in [5, 5.41) is 0. The lowest BCUT2D eigenvalue weighted by atomic mass is 10.1. The van der Waals surface area contributed by atoms with Gasteiger partial charge in [-0.15, -0.1) is 0 Å². The maximum absolute atomic E-state index is 4.23. The van der Waals surface area contributed by atoms with Gasteiger partial charge in [-0.25, -0.2) is 0 Å². The summed E-state index contributed by atoms with van der Waals surface area (Å²) in [4.78, 5) is 2.38. The van der Waals surface area contributed by atoms with E-state index in [1.807, 2.05) is 0 Å². The van der Waals surface area contributed by atoms with E-state index >= 15 is 0 Å². The Bertz CT molecular complexity index is 519. The molecule has 1 heteroatoms. The quantitative estimate of drug-likeness (QED) is 0.348. The molecule has 0 radical (unpaired) electrons. The summed E-state index contributed by atoms with van der Waals surface area (Å²) < 4.78 is 0. The average Bonchev–Trinajstić information content (AvgIpc) is 2.57. The predicted octanol–water partition coefficient (Wildman–Crippen LogP) is 7.72. The Balaban J connectivity index is 6.12. The van der Waals surface area contributed by atoms with Crippen LogP contribution in [0.5, 0.6) is 0 Å². The molecule has 0 aliphatic rings. The number of unbranched alkanes of at least 4 members (excludes halogenated alkanes) is 1. The molecule has 0 saturated heterocycles. The normalized spacial score (nSPS) is 13.9. The van der Waals surface area contributed by atoms with E-state index in [4.69, 9.17) is 0 Å².